The largest absolute Gasteiger partial charge is 0.465 e. The molecule has 1 aliphatic rings. The third-order valence-corrected chi connectivity index (χ3v) is 3.90. The topological polar surface area (TPSA) is 64.6 Å². The van der Waals surface area contributed by atoms with Gasteiger partial charge < -0.3 is 14.8 Å². The molecule has 1 N–H and O–H groups in total. The molecule has 23 heavy (non-hydrogen) atoms. The van der Waals surface area contributed by atoms with Crippen LogP contribution in [0, 0.1) is 0 Å². The molecule has 0 fully saturated rings. The average molecular weight is 319 g/mol. The van der Waals surface area contributed by atoms with Crippen molar-refractivity contribution in [3.8, 4) is 0 Å². The van der Waals surface area contributed by atoms with Crippen molar-refractivity contribution in [1.82, 2.24) is 5.32 Å². The summed E-state index contributed by atoms with van der Waals surface area (Å²) in [6.45, 7) is 6.02. The molecule has 0 aromatic heterocycles. The van der Waals surface area contributed by atoms with Crippen LogP contribution in [0.15, 0.2) is 18.2 Å². The number of esters is 1. The van der Waals surface area contributed by atoms with E-state index in [-0.39, 0.29) is 11.9 Å². The van der Waals surface area contributed by atoms with E-state index in [1.54, 1.807) is 6.07 Å². The first-order valence-corrected chi connectivity index (χ1v) is 7.98. The van der Waals surface area contributed by atoms with E-state index in [1.165, 1.54) is 12.7 Å². The molecule has 0 heterocycles. The second-order valence-corrected chi connectivity index (χ2v) is 6.88. The molecule has 1 atom stereocenters. The fourth-order valence-corrected chi connectivity index (χ4v) is 2.87. The van der Waals surface area contributed by atoms with Crippen molar-refractivity contribution in [2.24, 2.45) is 0 Å². The second-order valence-electron chi connectivity index (χ2n) is 6.88. The number of fused-ring (bicyclic) bond motifs is 1. The Balaban J connectivity index is 2.08. The minimum Gasteiger partial charge on any atom is -0.465 e. The second kappa shape index (κ2) is 7.02. The van der Waals surface area contributed by atoms with Gasteiger partial charge in [-0.2, -0.15) is 0 Å². The third kappa shape index (κ3) is 4.71. The normalized spacial score (nSPS) is 17.1. The first-order chi connectivity index (χ1) is 10.8. The lowest BCUT2D eigenvalue weighted by molar-refractivity contribution is 0.0521. The van der Waals surface area contributed by atoms with Crippen LogP contribution in [0.4, 0.5) is 4.79 Å². The molecule has 1 unspecified atom stereocenters. The van der Waals surface area contributed by atoms with Gasteiger partial charge >= 0.3 is 12.1 Å². The standard InChI is InChI=1S/C18H25NO4/c1-18(2,3)23-17(21)19-11-14-7-5-6-12-8-9-13(10-15(12)14)16(20)22-4/h8-10,14H,5-7,11H2,1-4H3,(H,19,21). The molecule has 0 aliphatic heterocycles. The van der Waals surface area contributed by atoms with Crippen molar-refractivity contribution in [1.29, 1.82) is 0 Å². The van der Waals surface area contributed by atoms with Gasteiger partial charge in [-0.3, -0.25) is 0 Å². The molecule has 0 radical (unpaired) electrons. The zero-order chi connectivity index (χ0) is 17.0. The molecule has 1 aromatic carbocycles. The van der Waals surface area contributed by atoms with Crippen LogP contribution in [0.25, 0.3) is 0 Å². The van der Waals surface area contributed by atoms with Crippen LogP contribution < -0.4 is 5.32 Å². The van der Waals surface area contributed by atoms with Gasteiger partial charge in [0.25, 0.3) is 0 Å². The molecule has 0 saturated heterocycles. The lowest BCUT2D eigenvalue weighted by Crippen LogP contribution is -2.35. The van der Waals surface area contributed by atoms with Gasteiger partial charge in [0.1, 0.15) is 5.60 Å². The van der Waals surface area contributed by atoms with Crippen LogP contribution >= 0.6 is 0 Å². The Bertz CT molecular complexity index is 589. The molecule has 0 saturated carbocycles. The summed E-state index contributed by atoms with van der Waals surface area (Å²) in [7, 11) is 1.38. The van der Waals surface area contributed by atoms with E-state index in [9.17, 15) is 9.59 Å². The van der Waals surface area contributed by atoms with Crippen molar-refractivity contribution >= 4 is 12.1 Å². The number of ether oxygens (including phenoxy) is 2. The fraction of sp³-hybridized carbons (Fsp3) is 0.556. The summed E-state index contributed by atoms with van der Waals surface area (Å²) in [5.74, 6) is -0.145. The Morgan fingerprint density at radius 1 is 1.30 bits per heavy atom. The summed E-state index contributed by atoms with van der Waals surface area (Å²) < 4.78 is 10.1. The molecule has 1 amide bonds. The molecular formula is C18H25NO4. The van der Waals surface area contributed by atoms with Gasteiger partial charge in [0.05, 0.1) is 12.7 Å². The van der Waals surface area contributed by atoms with Crippen LogP contribution in [-0.4, -0.2) is 31.3 Å². The first-order valence-electron chi connectivity index (χ1n) is 7.98. The zero-order valence-corrected chi connectivity index (χ0v) is 14.3. The summed E-state index contributed by atoms with van der Waals surface area (Å²) in [5, 5.41) is 2.84. The highest BCUT2D eigenvalue weighted by Crippen LogP contribution is 2.32. The van der Waals surface area contributed by atoms with E-state index in [2.05, 4.69) is 5.32 Å². The Kier molecular flexibility index (Phi) is 5.29. The Morgan fingerprint density at radius 3 is 2.70 bits per heavy atom. The van der Waals surface area contributed by atoms with Crippen molar-refractivity contribution < 1.29 is 19.1 Å². The highest BCUT2D eigenvalue weighted by Gasteiger charge is 2.23. The average Bonchev–Trinajstić information content (AvgIpc) is 2.49. The van der Waals surface area contributed by atoms with Crippen molar-refractivity contribution in [3.63, 3.8) is 0 Å². The number of aryl methyl sites for hydroxylation is 1. The predicted octanol–water partition coefficient (Wildman–Crippen LogP) is 3.42. The van der Waals surface area contributed by atoms with Crippen molar-refractivity contribution in [2.45, 2.75) is 51.6 Å². The number of methoxy groups -OCH3 is 1. The minimum atomic E-state index is -0.507. The smallest absolute Gasteiger partial charge is 0.407 e. The van der Waals surface area contributed by atoms with Gasteiger partial charge in [0.2, 0.25) is 0 Å². The Morgan fingerprint density at radius 2 is 2.04 bits per heavy atom. The summed E-state index contributed by atoms with van der Waals surface area (Å²) in [5.41, 5.74) is 2.40. The Labute approximate surface area is 137 Å². The van der Waals surface area contributed by atoms with Crippen LogP contribution in [0.3, 0.4) is 0 Å². The highest BCUT2D eigenvalue weighted by molar-refractivity contribution is 5.89. The van der Waals surface area contributed by atoms with E-state index < -0.39 is 11.7 Å². The number of alkyl carbamates (subject to hydrolysis) is 1. The van der Waals surface area contributed by atoms with E-state index in [0.717, 1.165) is 24.8 Å². The molecule has 5 nitrogen and oxygen atoms in total. The third-order valence-electron chi connectivity index (χ3n) is 3.90. The van der Waals surface area contributed by atoms with E-state index >= 15 is 0 Å². The van der Waals surface area contributed by atoms with Crippen LogP contribution in [-0.2, 0) is 15.9 Å². The molecular weight excluding hydrogens is 294 g/mol. The Hall–Kier alpha value is -2.04. The minimum absolute atomic E-state index is 0.191. The van der Waals surface area contributed by atoms with Crippen molar-refractivity contribution in [3.05, 3.63) is 34.9 Å². The summed E-state index contributed by atoms with van der Waals surface area (Å²) >= 11 is 0. The van der Waals surface area contributed by atoms with Gasteiger partial charge in [0.15, 0.2) is 0 Å². The van der Waals surface area contributed by atoms with Gasteiger partial charge in [-0.05, 0) is 63.3 Å². The lowest BCUT2D eigenvalue weighted by Gasteiger charge is -2.27. The number of carbonyl (C=O) groups is 2. The summed E-state index contributed by atoms with van der Waals surface area (Å²) in [4.78, 5) is 23.5. The zero-order valence-electron chi connectivity index (χ0n) is 14.3. The predicted molar refractivity (Wildman–Crippen MR) is 87.7 cm³/mol. The van der Waals surface area contributed by atoms with E-state index in [1.807, 2.05) is 32.9 Å². The monoisotopic (exact) mass is 319 g/mol. The van der Waals surface area contributed by atoms with Gasteiger partial charge in [0, 0.05) is 12.5 Å². The molecule has 0 spiro atoms. The van der Waals surface area contributed by atoms with Gasteiger partial charge in [-0.25, -0.2) is 9.59 Å². The number of amides is 1. The molecule has 5 heteroatoms. The molecule has 1 aliphatic carbocycles. The van der Waals surface area contributed by atoms with E-state index in [4.69, 9.17) is 9.47 Å². The lowest BCUT2D eigenvalue weighted by atomic mass is 9.82. The number of nitrogens with one attached hydrogen (secondary N) is 1. The van der Waals surface area contributed by atoms with Crippen LogP contribution in [0.5, 0.6) is 0 Å². The quantitative estimate of drug-likeness (QED) is 0.867. The van der Waals surface area contributed by atoms with Crippen LogP contribution in [0.1, 0.15) is 61.0 Å². The maximum atomic E-state index is 11.8. The number of carbonyl (C=O) groups excluding carboxylic acids is 2. The highest BCUT2D eigenvalue weighted by atomic mass is 16.6. The fourth-order valence-electron chi connectivity index (χ4n) is 2.87. The number of benzene rings is 1. The molecule has 2 rings (SSSR count). The van der Waals surface area contributed by atoms with Gasteiger partial charge in [-0.1, -0.05) is 6.07 Å². The number of hydrogen-bond donors (Lipinski definition) is 1. The van der Waals surface area contributed by atoms with Gasteiger partial charge in [-0.15, -0.1) is 0 Å². The maximum Gasteiger partial charge on any atom is 0.407 e. The van der Waals surface area contributed by atoms with E-state index in [0.29, 0.717) is 12.1 Å². The molecule has 0 bridgehead atoms. The first kappa shape index (κ1) is 17.3. The molecule has 1 aromatic rings. The van der Waals surface area contributed by atoms with Crippen molar-refractivity contribution in [2.75, 3.05) is 13.7 Å². The van der Waals surface area contributed by atoms with Crippen LogP contribution in [0.2, 0.25) is 0 Å². The number of hydrogen-bond acceptors (Lipinski definition) is 4. The molecule has 126 valence electrons. The summed E-state index contributed by atoms with van der Waals surface area (Å²) in [6.07, 6.45) is 2.65. The summed E-state index contributed by atoms with van der Waals surface area (Å²) in [6, 6.07) is 5.68. The maximum absolute atomic E-state index is 11.8. The SMILES string of the molecule is COC(=O)c1ccc2c(c1)C(CNC(=O)OC(C)(C)C)CCC2. The number of rotatable bonds is 3.